The van der Waals surface area contributed by atoms with Crippen LogP contribution in [0.5, 0.6) is 5.75 Å². The van der Waals surface area contributed by atoms with E-state index in [1.807, 2.05) is 38.1 Å². The number of ether oxygens (including phenoxy) is 1. The molecule has 1 N–H and O–H groups in total. The molecule has 0 radical (unpaired) electrons. The van der Waals surface area contributed by atoms with E-state index in [9.17, 15) is 18.0 Å². The van der Waals surface area contributed by atoms with Gasteiger partial charge in [-0.1, -0.05) is 73.5 Å². The summed E-state index contributed by atoms with van der Waals surface area (Å²) in [5, 5.41) is 2.89. The number of anilines is 1. The number of amides is 2. The highest BCUT2D eigenvalue weighted by Crippen LogP contribution is 2.32. The van der Waals surface area contributed by atoms with Gasteiger partial charge in [-0.05, 0) is 50.1 Å². The van der Waals surface area contributed by atoms with Crippen LogP contribution in [-0.4, -0.2) is 51.4 Å². The van der Waals surface area contributed by atoms with Crippen molar-refractivity contribution in [1.29, 1.82) is 0 Å². The lowest BCUT2D eigenvalue weighted by molar-refractivity contribution is -0.139. The fraction of sp³-hybridized carbons (Fsp3) is 0.333. The Kier molecular flexibility index (Phi) is 10.5. The molecule has 208 valence electrons. The van der Waals surface area contributed by atoms with Crippen molar-refractivity contribution in [2.45, 2.75) is 51.1 Å². The second-order valence-electron chi connectivity index (χ2n) is 9.32. The Labute approximate surface area is 231 Å². The predicted molar refractivity (Wildman–Crippen MR) is 153 cm³/mol. The number of nitrogens with one attached hydrogen (secondary N) is 1. The maximum Gasteiger partial charge on any atom is 0.264 e. The van der Waals surface area contributed by atoms with Gasteiger partial charge in [-0.15, -0.1) is 0 Å². The Bertz CT molecular complexity index is 1340. The zero-order chi connectivity index (χ0) is 28.4. The molecule has 8 nitrogen and oxygen atoms in total. The SMILES string of the molecule is CCCCNC(=O)C(C)N(Cc1ccc(C)cc1)C(=O)CN(c1ccccc1OC)S(=O)(=O)c1ccccc1. The molecule has 0 saturated carbocycles. The van der Waals surface area contributed by atoms with E-state index in [-0.39, 0.29) is 23.0 Å². The molecule has 3 rings (SSSR count). The van der Waals surface area contributed by atoms with Crippen LogP contribution in [0.4, 0.5) is 5.69 Å². The van der Waals surface area contributed by atoms with Gasteiger partial charge in [-0.3, -0.25) is 13.9 Å². The summed E-state index contributed by atoms with van der Waals surface area (Å²) < 4.78 is 34.2. The van der Waals surface area contributed by atoms with Gasteiger partial charge < -0.3 is 15.0 Å². The number of unbranched alkanes of at least 4 members (excludes halogenated alkanes) is 1. The van der Waals surface area contributed by atoms with Crippen molar-refractivity contribution >= 4 is 27.5 Å². The number of para-hydroxylation sites is 2. The number of hydrogen-bond acceptors (Lipinski definition) is 5. The molecule has 39 heavy (non-hydrogen) atoms. The first kappa shape index (κ1) is 29.7. The Morgan fingerprint density at radius 1 is 0.949 bits per heavy atom. The third-order valence-corrected chi connectivity index (χ3v) is 8.21. The summed E-state index contributed by atoms with van der Waals surface area (Å²) in [6.07, 6.45) is 1.74. The van der Waals surface area contributed by atoms with Gasteiger partial charge in [0.1, 0.15) is 18.3 Å². The average Bonchev–Trinajstić information content (AvgIpc) is 2.95. The number of methoxy groups -OCH3 is 1. The first-order valence-electron chi connectivity index (χ1n) is 13.0. The number of aryl methyl sites for hydroxylation is 1. The molecule has 0 aliphatic rings. The third kappa shape index (κ3) is 7.60. The number of benzene rings is 3. The van der Waals surface area contributed by atoms with E-state index in [4.69, 9.17) is 4.74 Å². The fourth-order valence-corrected chi connectivity index (χ4v) is 5.52. The van der Waals surface area contributed by atoms with Crippen LogP contribution >= 0.6 is 0 Å². The maximum absolute atomic E-state index is 14.0. The molecule has 3 aromatic carbocycles. The van der Waals surface area contributed by atoms with Crippen molar-refractivity contribution in [1.82, 2.24) is 10.2 Å². The van der Waals surface area contributed by atoms with Crippen molar-refractivity contribution in [3.63, 3.8) is 0 Å². The highest BCUT2D eigenvalue weighted by atomic mass is 32.2. The molecule has 0 fully saturated rings. The third-order valence-electron chi connectivity index (χ3n) is 6.43. The molecule has 0 saturated heterocycles. The minimum absolute atomic E-state index is 0.0409. The van der Waals surface area contributed by atoms with Crippen LogP contribution in [0.2, 0.25) is 0 Å². The van der Waals surface area contributed by atoms with Gasteiger partial charge in [0.15, 0.2) is 0 Å². The Morgan fingerprint density at radius 2 is 1.59 bits per heavy atom. The summed E-state index contributed by atoms with van der Waals surface area (Å²) in [5.41, 5.74) is 2.13. The van der Waals surface area contributed by atoms with Crippen LogP contribution in [-0.2, 0) is 26.2 Å². The maximum atomic E-state index is 14.0. The second kappa shape index (κ2) is 13.8. The topological polar surface area (TPSA) is 96.0 Å². The van der Waals surface area contributed by atoms with E-state index in [0.717, 1.165) is 28.3 Å². The van der Waals surface area contributed by atoms with Gasteiger partial charge in [0.05, 0.1) is 17.7 Å². The number of carbonyl (C=O) groups is 2. The number of carbonyl (C=O) groups excluding carboxylic acids is 2. The molecule has 0 aliphatic carbocycles. The van der Waals surface area contributed by atoms with Crippen LogP contribution in [0.1, 0.15) is 37.8 Å². The summed E-state index contributed by atoms with van der Waals surface area (Å²) in [7, 11) is -2.71. The minimum Gasteiger partial charge on any atom is -0.495 e. The Morgan fingerprint density at radius 3 is 2.23 bits per heavy atom. The monoisotopic (exact) mass is 551 g/mol. The number of rotatable bonds is 13. The lowest BCUT2D eigenvalue weighted by Crippen LogP contribution is -2.51. The van der Waals surface area contributed by atoms with Gasteiger partial charge in [0, 0.05) is 13.1 Å². The average molecular weight is 552 g/mol. The molecule has 0 spiro atoms. The van der Waals surface area contributed by atoms with Crippen LogP contribution < -0.4 is 14.4 Å². The van der Waals surface area contributed by atoms with E-state index < -0.39 is 28.5 Å². The molecule has 0 bridgehead atoms. The van der Waals surface area contributed by atoms with Crippen molar-refractivity contribution in [2.24, 2.45) is 0 Å². The summed E-state index contributed by atoms with van der Waals surface area (Å²) in [6, 6.07) is 21.4. The standard InChI is InChI=1S/C30H37N3O5S/c1-5-6-20-31-30(35)24(3)32(21-25-18-16-23(2)17-19-25)29(34)22-33(27-14-10-11-15-28(27)38-4)39(36,37)26-12-8-7-9-13-26/h7-19,24H,5-6,20-22H2,1-4H3,(H,31,35). The number of hydrogen-bond donors (Lipinski definition) is 1. The normalized spacial score (nSPS) is 11.9. The molecule has 9 heteroatoms. The van der Waals surface area contributed by atoms with Crippen molar-refractivity contribution < 1.29 is 22.7 Å². The molecular weight excluding hydrogens is 514 g/mol. The quantitative estimate of drug-likeness (QED) is 0.315. The van der Waals surface area contributed by atoms with E-state index in [1.54, 1.807) is 49.4 Å². The smallest absolute Gasteiger partial charge is 0.264 e. The van der Waals surface area contributed by atoms with E-state index >= 15 is 0 Å². The Balaban J connectivity index is 2.02. The molecule has 0 heterocycles. The summed E-state index contributed by atoms with van der Waals surface area (Å²) in [6.45, 7) is 5.79. The van der Waals surface area contributed by atoms with Crippen LogP contribution in [0.15, 0.2) is 83.8 Å². The Hall–Kier alpha value is -3.85. The predicted octanol–water partition coefficient (Wildman–Crippen LogP) is 4.53. The summed E-state index contributed by atoms with van der Waals surface area (Å²) in [4.78, 5) is 28.4. The lowest BCUT2D eigenvalue weighted by atomic mass is 10.1. The largest absolute Gasteiger partial charge is 0.495 e. The fourth-order valence-electron chi connectivity index (χ4n) is 4.08. The van der Waals surface area contributed by atoms with Gasteiger partial charge in [0.25, 0.3) is 10.0 Å². The number of sulfonamides is 1. The van der Waals surface area contributed by atoms with E-state index in [0.29, 0.717) is 12.3 Å². The first-order chi connectivity index (χ1) is 18.7. The van der Waals surface area contributed by atoms with Crippen LogP contribution in [0, 0.1) is 6.92 Å². The summed E-state index contributed by atoms with van der Waals surface area (Å²) >= 11 is 0. The molecule has 2 amide bonds. The zero-order valence-corrected chi connectivity index (χ0v) is 23.8. The molecule has 0 aromatic heterocycles. The number of nitrogens with zero attached hydrogens (tertiary/aromatic N) is 2. The van der Waals surface area contributed by atoms with Gasteiger partial charge >= 0.3 is 0 Å². The highest BCUT2D eigenvalue weighted by molar-refractivity contribution is 7.92. The highest BCUT2D eigenvalue weighted by Gasteiger charge is 2.33. The second-order valence-corrected chi connectivity index (χ2v) is 11.2. The van der Waals surface area contributed by atoms with Gasteiger partial charge in [-0.25, -0.2) is 8.42 Å². The molecule has 0 aliphatic heterocycles. The van der Waals surface area contributed by atoms with E-state index in [1.165, 1.54) is 24.1 Å². The molecule has 1 atom stereocenters. The summed E-state index contributed by atoms with van der Waals surface area (Å²) in [5.74, 6) is -0.502. The molecule has 1 unspecified atom stereocenters. The van der Waals surface area contributed by atoms with Crippen molar-refractivity contribution in [3.8, 4) is 5.75 Å². The van der Waals surface area contributed by atoms with E-state index in [2.05, 4.69) is 5.32 Å². The van der Waals surface area contributed by atoms with Gasteiger partial charge in [-0.2, -0.15) is 0 Å². The van der Waals surface area contributed by atoms with Gasteiger partial charge in [0.2, 0.25) is 11.8 Å². The van der Waals surface area contributed by atoms with Crippen LogP contribution in [0.25, 0.3) is 0 Å². The van der Waals surface area contributed by atoms with Crippen molar-refractivity contribution in [2.75, 3.05) is 24.5 Å². The lowest BCUT2D eigenvalue weighted by Gasteiger charge is -2.32. The molecule has 3 aromatic rings. The van der Waals surface area contributed by atoms with Crippen LogP contribution in [0.3, 0.4) is 0 Å². The molecular formula is C30H37N3O5S. The first-order valence-corrected chi connectivity index (χ1v) is 14.5. The van der Waals surface area contributed by atoms with Crippen molar-refractivity contribution in [3.05, 3.63) is 90.0 Å². The zero-order valence-electron chi connectivity index (χ0n) is 23.0. The minimum atomic E-state index is -4.15.